The van der Waals surface area contributed by atoms with Gasteiger partial charge in [0.25, 0.3) is 0 Å². The number of hydrogen-bond donors (Lipinski definition) is 1. The lowest BCUT2D eigenvalue weighted by molar-refractivity contribution is 0.0695. The van der Waals surface area contributed by atoms with Crippen LogP contribution in [0.25, 0.3) is 22.6 Å². The number of fused-ring (bicyclic) bond motifs is 2. The summed E-state index contributed by atoms with van der Waals surface area (Å²) in [5.74, 6) is -0.926. The highest BCUT2D eigenvalue weighted by Crippen LogP contribution is 2.38. The number of carbonyl (C=O) groups is 1. The summed E-state index contributed by atoms with van der Waals surface area (Å²) in [6, 6.07) is 16.2. The lowest BCUT2D eigenvalue weighted by atomic mass is 10.0. The second kappa shape index (κ2) is 7.09. The Balaban J connectivity index is 1.60. The van der Waals surface area contributed by atoms with Gasteiger partial charge in [-0.05, 0) is 48.4 Å². The molecule has 0 atom stereocenters. The molecule has 0 saturated heterocycles. The molecule has 2 heterocycles. The van der Waals surface area contributed by atoms with Crippen LogP contribution in [0.15, 0.2) is 54.7 Å². The third kappa shape index (κ3) is 3.08. The molecule has 2 aromatic carbocycles. The van der Waals surface area contributed by atoms with E-state index in [0.29, 0.717) is 12.0 Å². The van der Waals surface area contributed by atoms with Gasteiger partial charge in [-0.2, -0.15) is 5.10 Å². The Kier molecular flexibility index (Phi) is 4.36. The number of benzene rings is 2. The minimum absolute atomic E-state index is 0.308. The van der Waals surface area contributed by atoms with Gasteiger partial charge in [0.05, 0.1) is 22.6 Å². The third-order valence-corrected chi connectivity index (χ3v) is 5.93. The average Bonchev–Trinajstić information content (AvgIpc) is 3.32. The number of allylic oxidation sites excluding steroid dienone is 1. The van der Waals surface area contributed by atoms with Crippen LogP contribution in [-0.2, 0) is 13.5 Å². The van der Waals surface area contributed by atoms with Crippen LogP contribution in [0.4, 0.5) is 11.4 Å². The topological polar surface area (TPSA) is 71.2 Å². The monoisotopic (exact) mass is 410 g/mol. The standard InChI is InChI=1S/C25H22N4O2/c1-15-7-9-17(10-8-15)28(2)22-6-4-5-19-23(22)27-29(3)24(19)16-13-20-18(25(30)31)11-12-26-21(20)14-16/h4-12,14H,13H2,1-3H3,(H,30,31). The molecule has 0 fully saturated rings. The Bertz CT molecular complexity index is 1370. The van der Waals surface area contributed by atoms with Gasteiger partial charge >= 0.3 is 5.97 Å². The summed E-state index contributed by atoms with van der Waals surface area (Å²) < 4.78 is 1.88. The molecular formula is C25H22N4O2. The van der Waals surface area contributed by atoms with Crippen LogP contribution in [0.1, 0.15) is 32.9 Å². The zero-order valence-corrected chi connectivity index (χ0v) is 17.6. The molecule has 1 N–H and O–H groups in total. The number of hydrogen-bond acceptors (Lipinski definition) is 4. The van der Waals surface area contributed by atoms with Crippen molar-refractivity contribution in [3.05, 3.63) is 82.8 Å². The van der Waals surface area contributed by atoms with Gasteiger partial charge < -0.3 is 10.0 Å². The molecule has 0 spiro atoms. The molecule has 0 unspecified atom stereocenters. The molecule has 0 aliphatic heterocycles. The Labute approximate surface area is 180 Å². The summed E-state index contributed by atoms with van der Waals surface area (Å²) in [4.78, 5) is 18.2. The van der Waals surface area contributed by atoms with Crippen LogP contribution in [0, 0.1) is 6.92 Å². The summed E-state index contributed by atoms with van der Waals surface area (Å²) in [5.41, 5.74) is 8.03. The molecule has 31 heavy (non-hydrogen) atoms. The summed E-state index contributed by atoms with van der Waals surface area (Å²) in [6.45, 7) is 2.08. The molecule has 6 heteroatoms. The van der Waals surface area contributed by atoms with Gasteiger partial charge in [-0.15, -0.1) is 0 Å². The van der Waals surface area contributed by atoms with Gasteiger partial charge in [-0.1, -0.05) is 29.8 Å². The lowest BCUT2D eigenvalue weighted by Crippen LogP contribution is -2.09. The van der Waals surface area contributed by atoms with Crippen molar-refractivity contribution >= 4 is 39.9 Å². The van der Waals surface area contributed by atoms with Crippen LogP contribution in [-0.4, -0.2) is 32.9 Å². The van der Waals surface area contributed by atoms with E-state index in [4.69, 9.17) is 5.10 Å². The molecular weight excluding hydrogens is 388 g/mol. The van der Waals surface area contributed by atoms with Crippen LogP contribution < -0.4 is 4.90 Å². The maximum Gasteiger partial charge on any atom is 0.336 e. The van der Waals surface area contributed by atoms with Crippen molar-refractivity contribution in [2.75, 3.05) is 11.9 Å². The van der Waals surface area contributed by atoms with Gasteiger partial charge in [-0.3, -0.25) is 9.67 Å². The van der Waals surface area contributed by atoms with Crippen molar-refractivity contribution in [2.45, 2.75) is 13.3 Å². The molecule has 1 aliphatic rings. The first kappa shape index (κ1) is 19.1. The smallest absolute Gasteiger partial charge is 0.336 e. The van der Waals surface area contributed by atoms with Crippen LogP contribution in [0.2, 0.25) is 0 Å². The molecule has 154 valence electrons. The first-order chi connectivity index (χ1) is 14.9. The van der Waals surface area contributed by atoms with Crippen molar-refractivity contribution in [1.29, 1.82) is 0 Å². The average molecular weight is 410 g/mol. The fourth-order valence-corrected chi connectivity index (χ4v) is 4.34. The zero-order valence-electron chi connectivity index (χ0n) is 17.6. The largest absolute Gasteiger partial charge is 0.478 e. The molecule has 0 amide bonds. The summed E-state index contributed by atoms with van der Waals surface area (Å²) in [7, 11) is 3.97. The van der Waals surface area contributed by atoms with Crippen molar-refractivity contribution in [1.82, 2.24) is 14.8 Å². The normalized spacial score (nSPS) is 12.7. The first-order valence-electron chi connectivity index (χ1n) is 10.1. The molecule has 1 aliphatic carbocycles. The quantitative estimate of drug-likeness (QED) is 0.521. The van der Waals surface area contributed by atoms with Gasteiger partial charge in [0.15, 0.2) is 0 Å². The lowest BCUT2D eigenvalue weighted by Gasteiger charge is -2.20. The zero-order chi connectivity index (χ0) is 21.7. The van der Waals surface area contributed by atoms with Gasteiger partial charge in [0.1, 0.15) is 5.52 Å². The van der Waals surface area contributed by atoms with E-state index in [1.165, 1.54) is 5.56 Å². The highest BCUT2D eigenvalue weighted by atomic mass is 16.4. The molecule has 5 rings (SSSR count). The Morgan fingerprint density at radius 1 is 1.13 bits per heavy atom. The predicted molar refractivity (Wildman–Crippen MR) is 123 cm³/mol. The van der Waals surface area contributed by atoms with Gasteiger partial charge in [0, 0.05) is 37.8 Å². The number of pyridine rings is 1. The Morgan fingerprint density at radius 3 is 2.65 bits per heavy atom. The maximum absolute atomic E-state index is 11.6. The molecule has 6 nitrogen and oxygen atoms in total. The van der Waals surface area contributed by atoms with E-state index in [0.717, 1.165) is 44.8 Å². The summed E-state index contributed by atoms with van der Waals surface area (Å²) in [5, 5.41) is 15.4. The van der Waals surface area contributed by atoms with E-state index in [9.17, 15) is 9.90 Å². The van der Waals surface area contributed by atoms with Gasteiger partial charge in [0.2, 0.25) is 0 Å². The Morgan fingerprint density at radius 2 is 1.90 bits per heavy atom. The minimum Gasteiger partial charge on any atom is -0.478 e. The van der Waals surface area contributed by atoms with Crippen molar-refractivity contribution < 1.29 is 9.90 Å². The molecule has 0 radical (unpaired) electrons. The van der Waals surface area contributed by atoms with Crippen LogP contribution in [0.3, 0.4) is 0 Å². The maximum atomic E-state index is 11.6. The van der Waals surface area contributed by atoms with E-state index in [1.54, 1.807) is 12.3 Å². The van der Waals surface area contributed by atoms with Crippen molar-refractivity contribution in [2.24, 2.45) is 7.05 Å². The van der Waals surface area contributed by atoms with Gasteiger partial charge in [-0.25, -0.2) is 4.79 Å². The first-order valence-corrected chi connectivity index (χ1v) is 10.1. The second-order valence-electron chi connectivity index (χ2n) is 7.91. The number of aromatic carboxylic acids is 1. The van der Waals surface area contributed by atoms with E-state index in [2.05, 4.69) is 53.2 Å². The van der Waals surface area contributed by atoms with E-state index >= 15 is 0 Å². The predicted octanol–water partition coefficient (Wildman–Crippen LogP) is 4.84. The van der Waals surface area contributed by atoms with Crippen molar-refractivity contribution in [3.8, 4) is 0 Å². The number of rotatable bonds is 4. The molecule has 4 aromatic rings. The number of carboxylic acid groups (broad SMARTS) is 1. The number of nitrogens with zero attached hydrogens (tertiary/aromatic N) is 4. The third-order valence-electron chi connectivity index (χ3n) is 5.93. The minimum atomic E-state index is -0.926. The Hall–Kier alpha value is -3.93. The summed E-state index contributed by atoms with van der Waals surface area (Å²) in [6.07, 6.45) is 4.06. The fraction of sp³-hybridized carbons (Fsp3) is 0.160. The van der Waals surface area contributed by atoms with E-state index in [-0.39, 0.29) is 0 Å². The number of carboxylic acids is 1. The SMILES string of the molecule is Cc1ccc(N(C)c2cccc3c(C4=Cc5nccc(C(=O)O)c5C4)n(C)nc23)cc1. The molecule has 2 aromatic heterocycles. The highest BCUT2D eigenvalue weighted by Gasteiger charge is 2.25. The van der Waals surface area contributed by atoms with E-state index < -0.39 is 5.97 Å². The molecule has 0 bridgehead atoms. The summed E-state index contributed by atoms with van der Waals surface area (Å²) >= 11 is 0. The molecule has 0 saturated carbocycles. The second-order valence-corrected chi connectivity index (χ2v) is 7.91. The van der Waals surface area contributed by atoms with E-state index in [1.807, 2.05) is 30.9 Å². The number of aromatic nitrogens is 3. The van der Waals surface area contributed by atoms with Crippen LogP contribution >= 0.6 is 0 Å². The fourth-order valence-electron chi connectivity index (χ4n) is 4.34. The number of aryl methyl sites for hydroxylation is 2. The number of anilines is 2. The van der Waals surface area contributed by atoms with Crippen LogP contribution in [0.5, 0.6) is 0 Å². The highest BCUT2D eigenvalue weighted by molar-refractivity contribution is 6.04. The van der Waals surface area contributed by atoms with Crippen molar-refractivity contribution in [3.63, 3.8) is 0 Å².